The Morgan fingerprint density at radius 3 is 1.32 bits per heavy atom. The molecule has 0 fully saturated rings. The third-order valence-corrected chi connectivity index (χ3v) is 2.66. The van der Waals surface area contributed by atoms with Crippen LogP contribution in [-0.4, -0.2) is 89.6 Å². The summed E-state index contributed by atoms with van der Waals surface area (Å²) in [4.78, 5) is 1.49. The van der Waals surface area contributed by atoms with Gasteiger partial charge in [-0.2, -0.15) is 6.07 Å². The van der Waals surface area contributed by atoms with Crippen molar-refractivity contribution in [1.82, 2.24) is 0 Å². The fourth-order valence-corrected chi connectivity index (χ4v) is 1.80. The van der Waals surface area contributed by atoms with E-state index in [-0.39, 0.29) is 29.6 Å². The Balaban J connectivity index is -0.0000000879. The minimum Gasteiger partial charge on any atom is -0.402 e. The molecule has 0 radical (unpaired) electrons. The molecule has 0 aliphatic rings. The van der Waals surface area contributed by atoms with E-state index in [1.807, 2.05) is 6.07 Å². The van der Waals surface area contributed by atoms with E-state index in [1.54, 1.807) is 11.3 Å². The molecule has 12 N–H and O–H groups in total. The van der Waals surface area contributed by atoms with Crippen molar-refractivity contribution in [2.24, 2.45) is 0 Å². The maximum atomic E-state index is 7.17. The first-order valence-corrected chi connectivity index (χ1v) is 8.29. The van der Waals surface area contributed by atoms with Gasteiger partial charge in [0.15, 0.2) is 0 Å². The predicted octanol–water partition coefficient (Wildman–Crippen LogP) is -7.53. The van der Waals surface area contributed by atoms with E-state index in [1.165, 1.54) is 37.0 Å². The Bertz CT molecular complexity index is 316. The average molecular weight is 438 g/mol. The van der Waals surface area contributed by atoms with E-state index < -0.39 is 29.3 Å². The topological polar surface area (TPSA) is 243 Å². The third-order valence-electron chi connectivity index (χ3n) is 1.80. The van der Waals surface area contributed by atoms with Crippen LogP contribution in [0.2, 0.25) is 0 Å². The predicted molar refractivity (Wildman–Crippen MR) is 101 cm³/mol. The van der Waals surface area contributed by atoms with Gasteiger partial charge in [-0.15, -0.1) is 10.3 Å². The Morgan fingerprint density at radius 1 is 0.714 bits per heavy atom. The number of unbranched alkanes of at least 4 members (excludes halogenated alkanes) is 3. The Hall–Kier alpha value is 0.480. The molecule has 1 aromatic heterocycles. The molecule has 0 amide bonds. The molecule has 1 heterocycles. The normalized spacial score (nSPS) is 7.89. The van der Waals surface area contributed by atoms with Crippen molar-refractivity contribution in [3.05, 3.63) is 22.4 Å². The Morgan fingerprint density at radius 2 is 1.07 bits per heavy atom. The number of hydrogen-bond acceptors (Lipinski definition) is 13. The van der Waals surface area contributed by atoms with E-state index >= 15 is 0 Å². The summed E-state index contributed by atoms with van der Waals surface area (Å²) >= 11 is 1.76. The summed E-state index contributed by atoms with van der Waals surface area (Å²) in [6.45, 7) is 2.25. The van der Waals surface area contributed by atoms with Crippen LogP contribution in [0.4, 0.5) is 0 Å². The van der Waals surface area contributed by atoms with Gasteiger partial charge in [0.1, 0.15) is 0 Å². The van der Waals surface area contributed by atoms with Gasteiger partial charge in [-0.3, -0.25) is 0 Å². The fourth-order valence-electron chi connectivity index (χ4n) is 1.13. The van der Waals surface area contributed by atoms with Gasteiger partial charge in [0.25, 0.3) is 0 Å². The van der Waals surface area contributed by atoms with Crippen LogP contribution in [0.1, 0.15) is 37.5 Å². The van der Waals surface area contributed by atoms with Crippen LogP contribution in [-0.2, 0) is 6.42 Å². The third kappa shape index (κ3) is 94.6. The van der Waals surface area contributed by atoms with E-state index in [0.717, 1.165) is 0 Å². The van der Waals surface area contributed by atoms with Crippen molar-refractivity contribution in [1.29, 1.82) is 0 Å². The van der Waals surface area contributed by atoms with Crippen LogP contribution < -0.4 is 29.6 Å². The molecule has 1 rings (SSSR count). The molecule has 0 unspecified atom stereocenters. The molecule has 18 heteroatoms. The summed E-state index contributed by atoms with van der Waals surface area (Å²) in [7, 11) is -8.67. The van der Waals surface area contributed by atoms with Crippen molar-refractivity contribution in [2.75, 3.05) is 0 Å². The van der Waals surface area contributed by atoms with Gasteiger partial charge in [-0.25, -0.2) is 6.07 Å². The zero-order chi connectivity index (χ0) is 22.3. The monoisotopic (exact) mass is 438 g/mol. The Kier molecular flexibility index (Phi) is 44.8. The van der Waals surface area contributed by atoms with Gasteiger partial charge in [-0.05, 0) is 0 Å². The smallest absolute Gasteiger partial charge is 0.402 e. The van der Waals surface area contributed by atoms with E-state index in [0.29, 0.717) is 0 Å². The molecule has 28 heavy (non-hydrogen) atoms. The number of aryl methyl sites for hydroxylation is 1. The van der Waals surface area contributed by atoms with E-state index in [4.69, 9.17) is 60.3 Å². The summed E-state index contributed by atoms with van der Waals surface area (Å²) < 4.78 is 0. The van der Waals surface area contributed by atoms with Crippen molar-refractivity contribution < 1.29 is 89.8 Å². The van der Waals surface area contributed by atoms with Gasteiger partial charge in [0.2, 0.25) is 0 Å². The quantitative estimate of drug-likeness (QED) is 0.117. The molecular weight excluding hydrogens is 410 g/mol. The summed E-state index contributed by atoms with van der Waals surface area (Å²) in [5.41, 5.74) is 0. The summed E-state index contributed by atoms with van der Waals surface area (Å²) in [5, 5.41) is 89.1. The van der Waals surface area contributed by atoms with Crippen LogP contribution >= 0.6 is 11.3 Å². The van der Waals surface area contributed by atoms with Crippen molar-refractivity contribution in [3.8, 4) is 0 Å². The molecule has 0 aliphatic carbocycles. The fraction of sp³-hybridized carbons (Fsp3) is 0.600. The molecule has 0 atom stereocenters. The minimum absolute atomic E-state index is 0. The molecule has 158 valence electrons. The molecule has 0 aliphatic heterocycles. The number of hydrogen-bond donors (Lipinski definition) is 12. The second-order valence-corrected chi connectivity index (χ2v) is 5.18. The number of rotatable bonds is 5. The molecule has 1 aromatic rings. The first-order valence-electron chi connectivity index (χ1n) is 7.48. The van der Waals surface area contributed by atoms with E-state index in [2.05, 4.69) is 18.4 Å². The SMILES string of the molecule is CCCCCCc1cc[c-]s1.OB(O)O.OB(O)O.OB(O)O.OB(O)O.[Na+]. The molecular formula is C10H27B4NaO12S. The second kappa shape index (κ2) is 32.2. The van der Waals surface area contributed by atoms with E-state index in [9.17, 15) is 0 Å². The first kappa shape index (κ1) is 39.0. The average Bonchev–Trinajstić information content (AvgIpc) is 2.94. The van der Waals surface area contributed by atoms with Crippen molar-refractivity contribution >= 4 is 40.6 Å². The standard InChI is InChI=1S/C10H15S.4BH3O3.Na/c1-2-3-4-5-7-10-8-6-9-11-10;4*2-1(3)4;/h6,8H,2-5,7H2,1H3;4*2-4H;/q-1;;;;;+1. The minimum atomic E-state index is -2.17. The van der Waals surface area contributed by atoms with Gasteiger partial charge in [0, 0.05) is 0 Å². The van der Waals surface area contributed by atoms with Gasteiger partial charge >= 0.3 is 58.8 Å². The largest absolute Gasteiger partial charge is 1.00 e. The molecule has 0 bridgehead atoms. The van der Waals surface area contributed by atoms with Crippen LogP contribution in [0.15, 0.2) is 12.1 Å². The molecule has 0 spiro atoms. The summed E-state index contributed by atoms with van der Waals surface area (Å²) in [6, 6.07) is 4.19. The molecule has 0 saturated carbocycles. The van der Waals surface area contributed by atoms with Crippen LogP contribution in [0.5, 0.6) is 0 Å². The van der Waals surface area contributed by atoms with Crippen LogP contribution in [0.3, 0.4) is 0 Å². The second-order valence-electron chi connectivity index (χ2n) is 4.22. The molecule has 0 saturated heterocycles. The van der Waals surface area contributed by atoms with Crippen molar-refractivity contribution in [3.63, 3.8) is 0 Å². The van der Waals surface area contributed by atoms with Gasteiger partial charge in [0.05, 0.1) is 0 Å². The molecule has 0 aromatic carbocycles. The Labute approximate surface area is 191 Å². The summed E-state index contributed by atoms with van der Waals surface area (Å²) in [6.07, 6.45) is 6.70. The molecule has 12 nitrogen and oxygen atoms in total. The van der Waals surface area contributed by atoms with Gasteiger partial charge in [-0.1, -0.05) is 39.0 Å². The van der Waals surface area contributed by atoms with Crippen LogP contribution in [0.25, 0.3) is 0 Å². The zero-order valence-electron chi connectivity index (χ0n) is 15.8. The van der Waals surface area contributed by atoms with Crippen LogP contribution in [0, 0.1) is 5.38 Å². The van der Waals surface area contributed by atoms with Crippen molar-refractivity contribution in [2.45, 2.75) is 39.0 Å². The first-order chi connectivity index (χ1) is 12.4. The van der Waals surface area contributed by atoms with Gasteiger partial charge < -0.3 is 71.6 Å². The zero-order valence-corrected chi connectivity index (χ0v) is 18.6. The number of thiophene rings is 1. The summed E-state index contributed by atoms with van der Waals surface area (Å²) in [5.74, 6) is 0. The maximum Gasteiger partial charge on any atom is 1.00 e. The maximum absolute atomic E-state index is 7.17.